The van der Waals surface area contributed by atoms with Crippen molar-refractivity contribution in [1.82, 2.24) is 15.1 Å². The zero-order chi connectivity index (χ0) is 19.9. The van der Waals surface area contributed by atoms with E-state index in [0.29, 0.717) is 35.1 Å². The third kappa shape index (κ3) is 3.01. The van der Waals surface area contributed by atoms with Gasteiger partial charge < -0.3 is 19.7 Å². The zero-order valence-electron chi connectivity index (χ0n) is 16.7. The van der Waals surface area contributed by atoms with Crippen LogP contribution >= 0.6 is 0 Å². The summed E-state index contributed by atoms with van der Waals surface area (Å²) in [6, 6.07) is 4.72. The summed E-state index contributed by atoms with van der Waals surface area (Å²) in [6.07, 6.45) is 0. The fourth-order valence-electron chi connectivity index (χ4n) is 3.65. The molecule has 0 radical (unpaired) electrons. The summed E-state index contributed by atoms with van der Waals surface area (Å²) in [4.78, 5) is 29.2. The second-order valence-corrected chi connectivity index (χ2v) is 7.30. The first-order valence-corrected chi connectivity index (χ1v) is 9.10. The van der Waals surface area contributed by atoms with Gasteiger partial charge in [0.05, 0.1) is 38.1 Å². The number of rotatable bonds is 5. The van der Waals surface area contributed by atoms with Crippen LogP contribution in [0.1, 0.15) is 32.4 Å². The molecule has 0 saturated heterocycles. The van der Waals surface area contributed by atoms with Crippen LogP contribution in [0.15, 0.2) is 29.5 Å². The largest absolute Gasteiger partial charge is 0.493 e. The van der Waals surface area contributed by atoms with Crippen LogP contribution in [0.2, 0.25) is 0 Å². The fourth-order valence-corrected chi connectivity index (χ4v) is 3.65. The van der Waals surface area contributed by atoms with E-state index in [1.165, 1.54) is 4.90 Å². The number of hydrogen-bond acceptors (Lipinski definition) is 4. The standard InChI is InChI=1S/C20H27N3O4/c1-11(2)12(3)23-10-14-16(19(23)24)17(21-20(25)22(14)4)13-8-7-9-15(26-5)18(13)27-6/h7-9,11-12,17H,10H2,1-6H3,(H,21,25). The van der Waals surface area contributed by atoms with E-state index in [0.717, 1.165) is 5.70 Å². The van der Waals surface area contributed by atoms with Crippen molar-refractivity contribution in [3.05, 3.63) is 35.0 Å². The Balaban J connectivity index is 2.10. The number of likely N-dealkylation sites (N-methyl/N-ethyl adjacent to an activating group) is 1. The molecule has 2 aliphatic heterocycles. The van der Waals surface area contributed by atoms with Gasteiger partial charge in [-0.25, -0.2) is 4.79 Å². The number of ether oxygens (including phenoxy) is 2. The molecule has 0 aliphatic carbocycles. The lowest BCUT2D eigenvalue weighted by molar-refractivity contribution is -0.128. The van der Waals surface area contributed by atoms with Gasteiger partial charge in [0, 0.05) is 18.7 Å². The molecule has 3 rings (SSSR count). The molecule has 27 heavy (non-hydrogen) atoms. The minimum Gasteiger partial charge on any atom is -0.493 e. The van der Waals surface area contributed by atoms with E-state index in [-0.39, 0.29) is 18.0 Å². The second kappa shape index (κ2) is 7.13. The SMILES string of the molecule is COc1cccc(C2NC(=O)N(C)C3=C2C(=O)N(C(C)C(C)C)C3)c1OC. The Morgan fingerprint density at radius 3 is 2.44 bits per heavy atom. The molecule has 0 bridgehead atoms. The van der Waals surface area contributed by atoms with E-state index in [1.54, 1.807) is 27.3 Å². The molecule has 146 valence electrons. The van der Waals surface area contributed by atoms with Crippen LogP contribution in [0.4, 0.5) is 4.79 Å². The molecule has 7 heteroatoms. The summed E-state index contributed by atoms with van der Waals surface area (Å²) in [5.74, 6) is 1.34. The molecule has 0 fully saturated rings. The number of para-hydroxylation sites is 1. The Bertz CT molecular complexity index is 802. The summed E-state index contributed by atoms with van der Waals surface area (Å²) in [7, 11) is 4.81. The van der Waals surface area contributed by atoms with E-state index < -0.39 is 6.04 Å². The molecule has 2 aliphatic rings. The number of carbonyl (C=O) groups excluding carboxylic acids is 2. The van der Waals surface area contributed by atoms with Crippen molar-refractivity contribution < 1.29 is 19.1 Å². The average Bonchev–Trinajstić information content (AvgIpc) is 3.00. The summed E-state index contributed by atoms with van der Waals surface area (Å²) in [6.45, 7) is 6.65. The van der Waals surface area contributed by atoms with Crippen molar-refractivity contribution >= 4 is 11.9 Å². The summed E-state index contributed by atoms with van der Waals surface area (Å²) >= 11 is 0. The Morgan fingerprint density at radius 2 is 1.85 bits per heavy atom. The number of urea groups is 1. The number of nitrogens with zero attached hydrogens (tertiary/aromatic N) is 2. The van der Waals surface area contributed by atoms with E-state index in [9.17, 15) is 9.59 Å². The number of methoxy groups -OCH3 is 2. The van der Waals surface area contributed by atoms with Crippen LogP contribution < -0.4 is 14.8 Å². The summed E-state index contributed by atoms with van der Waals surface area (Å²) in [5, 5.41) is 2.95. The molecule has 1 aromatic carbocycles. The minimum atomic E-state index is -0.578. The average molecular weight is 373 g/mol. The quantitative estimate of drug-likeness (QED) is 0.861. The molecule has 0 aromatic heterocycles. The highest BCUT2D eigenvalue weighted by atomic mass is 16.5. The van der Waals surface area contributed by atoms with Gasteiger partial charge in [-0.3, -0.25) is 9.69 Å². The van der Waals surface area contributed by atoms with Crippen LogP contribution in [0.3, 0.4) is 0 Å². The van der Waals surface area contributed by atoms with Crippen molar-refractivity contribution in [2.45, 2.75) is 32.9 Å². The highest BCUT2D eigenvalue weighted by molar-refractivity contribution is 6.01. The molecular formula is C20H27N3O4. The van der Waals surface area contributed by atoms with Gasteiger partial charge in [0.25, 0.3) is 5.91 Å². The Kier molecular flexibility index (Phi) is 5.04. The maximum absolute atomic E-state index is 13.3. The fraction of sp³-hybridized carbons (Fsp3) is 0.500. The van der Waals surface area contributed by atoms with Gasteiger partial charge >= 0.3 is 6.03 Å². The highest BCUT2D eigenvalue weighted by Crippen LogP contribution is 2.42. The molecule has 3 amide bonds. The molecule has 0 saturated carbocycles. The van der Waals surface area contributed by atoms with Gasteiger partial charge in [0.1, 0.15) is 0 Å². The Morgan fingerprint density at radius 1 is 1.15 bits per heavy atom. The summed E-state index contributed by atoms with van der Waals surface area (Å²) in [5.41, 5.74) is 2.04. The lowest BCUT2D eigenvalue weighted by atomic mass is 9.94. The van der Waals surface area contributed by atoms with Gasteiger partial charge in [0.15, 0.2) is 11.5 Å². The van der Waals surface area contributed by atoms with Crippen molar-refractivity contribution in [1.29, 1.82) is 0 Å². The van der Waals surface area contributed by atoms with Gasteiger partial charge in [-0.15, -0.1) is 0 Å². The van der Waals surface area contributed by atoms with Crippen molar-refractivity contribution in [3.63, 3.8) is 0 Å². The maximum atomic E-state index is 13.3. The highest BCUT2D eigenvalue weighted by Gasteiger charge is 2.45. The molecule has 2 atom stereocenters. The third-order valence-corrected chi connectivity index (χ3v) is 5.59. The van der Waals surface area contributed by atoms with Crippen LogP contribution in [-0.4, -0.2) is 55.6 Å². The topological polar surface area (TPSA) is 71.1 Å². The van der Waals surface area contributed by atoms with Gasteiger partial charge in [-0.05, 0) is 18.9 Å². The molecule has 7 nitrogen and oxygen atoms in total. The van der Waals surface area contributed by atoms with Crippen LogP contribution in [0, 0.1) is 5.92 Å². The minimum absolute atomic E-state index is 0.0482. The van der Waals surface area contributed by atoms with Crippen molar-refractivity contribution in [3.8, 4) is 11.5 Å². The normalized spacial score (nSPS) is 20.8. The lowest BCUT2D eigenvalue weighted by Crippen LogP contribution is -2.45. The predicted octanol–water partition coefficient (Wildman–Crippen LogP) is 2.54. The number of amides is 3. The molecule has 0 spiro atoms. The Hall–Kier alpha value is -2.70. The maximum Gasteiger partial charge on any atom is 0.322 e. The van der Waals surface area contributed by atoms with Gasteiger partial charge in [0.2, 0.25) is 0 Å². The molecular weight excluding hydrogens is 346 g/mol. The number of nitrogens with one attached hydrogen (secondary N) is 1. The van der Waals surface area contributed by atoms with Crippen molar-refractivity contribution in [2.24, 2.45) is 5.92 Å². The first-order chi connectivity index (χ1) is 12.8. The second-order valence-electron chi connectivity index (χ2n) is 7.30. The smallest absolute Gasteiger partial charge is 0.322 e. The molecule has 2 unspecified atom stereocenters. The van der Waals surface area contributed by atoms with Gasteiger partial charge in [-0.2, -0.15) is 0 Å². The number of hydrogen-bond donors (Lipinski definition) is 1. The van der Waals surface area contributed by atoms with Crippen LogP contribution in [-0.2, 0) is 4.79 Å². The van der Waals surface area contributed by atoms with Crippen LogP contribution in [0.25, 0.3) is 0 Å². The number of carbonyl (C=O) groups is 2. The van der Waals surface area contributed by atoms with Crippen molar-refractivity contribution in [2.75, 3.05) is 27.8 Å². The monoisotopic (exact) mass is 373 g/mol. The predicted molar refractivity (Wildman–Crippen MR) is 102 cm³/mol. The van der Waals surface area contributed by atoms with E-state index in [4.69, 9.17) is 9.47 Å². The first-order valence-electron chi connectivity index (χ1n) is 9.10. The molecule has 1 N–H and O–H groups in total. The zero-order valence-corrected chi connectivity index (χ0v) is 16.7. The molecule has 1 aromatic rings. The van der Waals surface area contributed by atoms with E-state index >= 15 is 0 Å². The van der Waals surface area contributed by atoms with E-state index in [2.05, 4.69) is 19.2 Å². The lowest BCUT2D eigenvalue weighted by Gasteiger charge is -2.31. The first kappa shape index (κ1) is 19.1. The third-order valence-electron chi connectivity index (χ3n) is 5.59. The van der Waals surface area contributed by atoms with E-state index in [1.807, 2.05) is 24.0 Å². The molecule has 2 heterocycles. The van der Waals surface area contributed by atoms with Gasteiger partial charge in [-0.1, -0.05) is 26.0 Å². The Labute approximate surface area is 159 Å². The van der Waals surface area contributed by atoms with Crippen LogP contribution in [0.5, 0.6) is 11.5 Å². The summed E-state index contributed by atoms with van der Waals surface area (Å²) < 4.78 is 10.9. The number of benzene rings is 1.